The van der Waals surface area contributed by atoms with Crippen molar-refractivity contribution in [3.63, 3.8) is 0 Å². The molecule has 206 valence electrons. The molecule has 40 heavy (non-hydrogen) atoms. The Bertz CT molecular complexity index is 1550. The van der Waals surface area contributed by atoms with Crippen molar-refractivity contribution in [2.75, 3.05) is 6.61 Å². The average Bonchev–Trinajstić information content (AvgIpc) is 3.52. The molecule has 1 heterocycles. The number of aliphatic carboxylic acids is 1. The highest BCUT2D eigenvalue weighted by molar-refractivity contribution is 7.91. The molecule has 0 spiro atoms. The Morgan fingerprint density at radius 2 is 1.40 bits per heavy atom. The van der Waals surface area contributed by atoms with Crippen molar-refractivity contribution in [1.82, 2.24) is 4.31 Å². The SMILES string of the molecule is CCCCc1ccc(C#Cc2ccc(CN(Cc3ccc(OCC(=O)O)cc3)S(=O)(=O)c3cccs3)cc2)cc1. The summed E-state index contributed by atoms with van der Waals surface area (Å²) in [4.78, 5) is 10.7. The van der Waals surface area contributed by atoms with Gasteiger partial charge in [-0.05, 0) is 77.4 Å². The van der Waals surface area contributed by atoms with Crippen molar-refractivity contribution in [3.8, 4) is 17.6 Å². The maximum Gasteiger partial charge on any atom is 0.341 e. The number of sulfonamides is 1. The first-order valence-corrected chi connectivity index (χ1v) is 15.3. The molecule has 0 radical (unpaired) electrons. The number of ether oxygens (including phenoxy) is 1. The van der Waals surface area contributed by atoms with E-state index in [9.17, 15) is 13.2 Å². The van der Waals surface area contributed by atoms with Crippen LogP contribution in [0, 0.1) is 11.8 Å². The first-order valence-electron chi connectivity index (χ1n) is 13.0. The minimum absolute atomic E-state index is 0.148. The summed E-state index contributed by atoms with van der Waals surface area (Å²) in [6.07, 6.45) is 3.44. The molecule has 0 aliphatic carbocycles. The Balaban J connectivity index is 1.48. The highest BCUT2D eigenvalue weighted by Gasteiger charge is 2.26. The van der Waals surface area contributed by atoms with E-state index in [0.29, 0.717) is 5.75 Å². The normalized spacial score (nSPS) is 11.2. The molecule has 0 saturated carbocycles. The lowest BCUT2D eigenvalue weighted by molar-refractivity contribution is -0.139. The molecule has 0 unspecified atom stereocenters. The molecule has 1 aromatic heterocycles. The van der Waals surface area contributed by atoms with Gasteiger partial charge < -0.3 is 9.84 Å². The lowest BCUT2D eigenvalue weighted by Crippen LogP contribution is -2.29. The molecule has 0 bridgehead atoms. The van der Waals surface area contributed by atoms with Crippen LogP contribution in [0.1, 0.15) is 47.6 Å². The van der Waals surface area contributed by atoms with Crippen LogP contribution in [0.4, 0.5) is 0 Å². The summed E-state index contributed by atoms with van der Waals surface area (Å²) >= 11 is 1.18. The molecule has 4 rings (SSSR count). The number of hydrogen-bond donors (Lipinski definition) is 1. The van der Waals surface area contributed by atoms with Crippen LogP contribution >= 0.6 is 11.3 Å². The van der Waals surface area contributed by atoms with E-state index in [0.717, 1.165) is 28.7 Å². The van der Waals surface area contributed by atoms with Crippen LogP contribution < -0.4 is 4.74 Å². The number of carbonyl (C=O) groups is 1. The van der Waals surface area contributed by atoms with Crippen LogP contribution in [-0.2, 0) is 34.3 Å². The predicted molar refractivity (Wildman–Crippen MR) is 158 cm³/mol. The number of aryl methyl sites for hydroxylation is 1. The van der Waals surface area contributed by atoms with Crippen LogP contribution in [0.5, 0.6) is 5.75 Å². The fraction of sp³-hybridized carbons (Fsp3) is 0.219. The van der Waals surface area contributed by atoms with Gasteiger partial charge in [-0.3, -0.25) is 0 Å². The summed E-state index contributed by atoms with van der Waals surface area (Å²) in [5, 5.41) is 10.5. The van der Waals surface area contributed by atoms with Crippen molar-refractivity contribution < 1.29 is 23.1 Å². The minimum Gasteiger partial charge on any atom is -0.482 e. The minimum atomic E-state index is -3.74. The van der Waals surface area contributed by atoms with Crippen molar-refractivity contribution in [1.29, 1.82) is 0 Å². The van der Waals surface area contributed by atoms with Gasteiger partial charge in [-0.1, -0.05) is 67.6 Å². The fourth-order valence-corrected chi connectivity index (χ4v) is 6.54. The van der Waals surface area contributed by atoms with Gasteiger partial charge in [0.2, 0.25) is 0 Å². The van der Waals surface area contributed by atoms with Crippen LogP contribution in [0.3, 0.4) is 0 Å². The maximum atomic E-state index is 13.5. The smallest absolute Gasteiger partial charge is 0.341 e. The lowest BCUT2D eigenvalue weighted by atomic mass is 10.1. The van der Waals surface area contributed by atoms with Crippen molar-refractivity contribution in [2.45, 2.75) is 43.5 Å². The Labute approximate surface area is 239 Å². The van der Waals surface area contributed by atoms with E-state index in [4.69, 9.17) is 9.84 Å². The summed E-state index contributed by atoms with van der Waals surface area (Å²) in [6, 6.07) is 26.0. The highest BCUT2D eigenvalue weighted by atomic mass is 32.2. The van der Waals surface area contributed by atoms with Gasteiger partial charge in [-0.25, -0.2) is 13.2 Å². The molecule has 1 N–H and O–H groups in total. The number of unbranched alkanes of at least 4 members (excludes halogenated alkanes) is 1. The van der Waals surface area contributed by atoms with Gasteiger partial charge in [0, 0.05) is 24.2 Å². The Morgan fingerprint density at radius 3 is 1.90 bits per heavy atom. The van der Waals surface area contributed by atoms with Gasteiger partial charge >= 0.3 is 5.97 Å². The zero-order chi connectivity index (χ0) is 28.4. The first-order chi connectivity index (χ1) is 19.3. The second kappa shape index (κ2) is 13.9. The highest BCUT2D eigenvalue weighted by Crippen LogP contribution is 2.25. The molecular formula is C32H31NO5S2. The molecular weight excluding hydrogens is 542 g/mol. The topological polar surface area (TPSA) is 83.9 Å². The molecule has 4 aromatic rings. The van der Waals surface area contributed by atoms with E-state index < -0.39 is 22.6 Å². The van der Waals surface area contributed by atoms with Gasteiger partial charge in [-0.15, -0.1) is 11.3 Å². The van der Waals surface area contributed by atoms with Crippen molar-refractivity contribution in [3.05, 3.63) is 118 Å². The van der Waals surface area contributed by atoms with Crippen molar-refractivity contribution in [2.24, 2.45) is 0 Å². The first kappa shape index (κ1) is 29.1. The second-order valence-electron chi connectivity index (χ2n) is 9.28. The monoisotopic (exact) mass is 573 g/mol. The van der Waals surface area contributed by atoms with E-state index in [-0.39, 0.29) is 17.3 Å². The van der Waals surface area contributed by atoms with Gasteiger partial charge in [-0.2, -0.15) is 4.31 Å². The van der Waals surface area contributed by atoms with Gasteiger partial charge in [0.25, 0.3) is 10.0 Å². The maximum absolute atomic E-state index is 13.5. The predicted octanol–water partition coefficient (Wildman–Crippen LogP) is 6.35. The zero-order valence-corrected chi connectivity index (χ0v) is 23.9. The molecule has 0 fully saturated rings. The average molecular weight is 574 g/mol. The Kier molecular flexibility index (Phi) is 10.1. The number of nitrogens with zero attached hydrogens (tertiary/aromatic N) is 1. The number of rotatable bonds is 12. The second-order valence-corrected chi connectivity index (χ2v) is 12.4. The van der Waals surface area contributed by atoms with E-state index in [1.807, 2.05) is 36.4 Å². The van der Waals surface area contributed by atoms with E-state index in [2.05, 4.69) is 30.9 Å². The molecule has 0 aliphatic rings. The fourth-order valence-electron chi connectivity index (χ4n) is 3.98. The number of carboxylic acids is 1. The Hall–Kier alpha value is -3.90. The molecule has 0 atom stereocenters. The third-order valence-electron chi connectivity index (χ3n) is 6.17. The van der Waals surface area contributed by atoms with Gasteiger partial charge in [0.05, 0.1) is 0 Å². The van der Waals surface area contributed by atoms with Gasteiger partial charge in [0.15, 0.2) is 6.61 Å². The standard InChI is InChI=1S/C32H31NO5S2/c1-2-3-5-25-7-9-26(10-8-25)11-12-27-13-15-28(16-14-27)22-33(40(36,37)32-6-4-21-39-32)23-29-17-19-30(20-18-29)38-24-31(34)35/h4,6-10,13-21H,2-3,5,22-24H2,1H3,(H,34,35). The Morgan fingerprint density at radius 1 is 0.850 bits per heavy atom. The van der Waals surface area contributed by atoms with Crippen LogP contribution in [0.15, 0.2) is 94.5 Å². The number of carboxylic acid groups (broad SMARTS) is 1. The number of benzene rings is 3. The summed E-state index contributed by atoms with van der Waals surface area (Å²) in [5.74, 6) is 5.73. The van der Waals surface area contributed by atoms with Crippen molar-refractivity contribution >= 4 is 27.3 Å². The molecule has 8 heteroatoms. The molecule has 0 aliphatic heterocycles. The largest absolute Gasteiger partial charge is 0.482 e. The third-order valence-corrected chi connectivity index (χ3v) is 9.34. The van der Waals surface area contributed by atoms with E-state index in [1.54, 1.807) is 41.8 Å². The summed E-state index contributed by atoms with van der Waals surface area (Å²) in [5.41, 5.74) is 4.72. The van der Waals surface area contributed by atoms with E-state index >= 15 is 0 Å². The van der Waals surface area contributed by atoms with Gasteiger partial charge in [0.1, 0.15) is 9.96 Å². The van der Waals surface area contributed by atoms with Crippen LogP contribution in [-0.4, -0.2) is 30.4 Å². The molecule has 0 amide bonds. The number of hydrogen-bond acceptors (Lipinski definition) is 5. The summed E-state index contributed by atoms with van der Waals surface area (Å²) in [7, 11) is -3.74. The quantitative estimate of drug-likeness (QED) is 0.200. The zero-order valence-electron chi connectivity index (χ0n) is 22.2. The van der Waals surface area contributed by atoms with E-state index in [1.165, 1.54) is 34.0 Å². The van der Waals surface area contributed by atoms with Crippen LogP contribution in [0.25, 0.3) is 0 Å². The number of thiophene rings is 1. The molecule has 6 nitrogen and oxygen atoms in total. The summed E-state index contributed by atoms with van der Waals surface area (Å²) in [6.45, 7) is 2.08. The third kappa shape index (κ3) is 8.30. The molecule has 0 saturated heterocycles. The summed E-state index contributed by atoms with van der Waals surface area (Å²) < 4.78 is 33.9. The van der Waals surface area contributed by atoms with Crippen LogP contribution in [0.2, 0.25) is 0 Å². The molecule has 3 aromatic carbocycles. The lowest BCUT2D eigenvalue weighted by Gasteiger charge is -2.22.